The SMILES string of the molecule is CC(C)(C(=O)NCC1(O)CCC1)c1ccc(Cl)cc1. The Bertz CT molecular complexity index is 464. The number of benzene rings is 1. The monoisotopic (exact) mass is 281 g/mol. The molecular weight excluding hydrogens is 262 g/mol. The van der Waals surface area contributed by atoms with E-state index in [1.807, 2.05) is 26.0 Å². The Morgan fingerprint density at radius 2 is 1.95 bits per heavy atom. The first-order valence-electron chi connectivity index (χ1n) is 6.60. The van der Waals surface area contributed by atoms with E-state index in [9.17, 15) is 9.90 Å². The van der Waals surface area contributed by atoms with Crippen molar-refractivity contribution in [1.29, 1.82) is 0 Å². The van der Waals surface area contributed by atoms with E-state index in [0.717, 1.165) is 24.8 Å². The predicted octanol–water partition coefficient (Wildman–Crippen LogP) is 2.65. The topological polar surface area (TPSA) is 49.3 Å². The molecule has 0 saturated heterocycles. The van der Waals surface area contributed by atoms with E-state index in [0.29, 0.717) is 11.6 Å². The van der Waals surface area contributed by atoms with Crippen LogP contribution in [-0.4, -0.2) is 23.2 Å². The Balaban J connectivity index is 2.01. The number of rotatable bonds is 4. The average Bonchev–Trinajstić information content (AvgIpc) is 2.34. The maximum Gasteiger partial charge on any atom is 0.230 e. The Labute approximate surface area is 119 Å². The van der Waals surface area contributed by atoms with Crippen molar-refractivity contribution >= 4 is 17.5 Å². The predicted molar refractivity (Wildman–Crippen MR) is 76.3 cm³/mol. The van der Waals surface area contributed by atoms with Gasteiger partial charge in [0.05, 0.1) is 11.0 Å². The molecule has 1 saturated carbocycles. The highest BCUT2D eigenvalue weighted by molar-refractivity contribution is 6.30. The maximum absolute atomic E-state index is 12.3. The van der Waals surface area contributed by atoms with Crippen LogP contribution in [0.4, 0.5) is 0 Å². The molecule has 2 N–H and O–H groups in total. The molecule has 0 aliphatic heterocycles. The van der Waals surface area contributed by atoms with Crippen LogP contribution in [0, 0.1) is 0 Å². The molecule has 1 fully saturated rings. The van der Waals surface area contributed by atoms with Gasteiger partial charge in [0, 0.05) is 11.6 Å². The smallest absolute Gasteiger partial charge is 0.230 e. The van der Waals surface area contributed by atoms with Gasteiger partial charge in [0.2, 0.25) is 5.91 Å². The highest BCUT2D eigenvalue weighted by atomic mass is 35.5. The number of halogens is 1. The highest BCUT2D eigenvalue weighted by Crippen LogP contribution is 2.31. The lowest BCUT2D eigenvalue weighted by molar-refractivity contribution is -0.128. The third-order valence-electron chi connectivity index (χ3n) is 4.00. The molecule has 19 heavy (non-hydrogen) atoms. The van der Waals surface area contributed by atoms with E-state index in [-0.39, 0.29) is 5.91 Å². The number of carbonyl (C=O) groups excluding carboxylic acids is 1. The normalized spacial score (nSPS) is 17.7. The van der Waals surface area contributed by atoms with Crippen molar-refractivity contribution in [2.24, 2.45) is 0 Å². The number of carbonyl (C=O) groups is 1. The van der Waals surface area contributed by atoms with E-state index >= 15 is 0 Å². The zero-order chi connectivity index (χ0) is 14.1. The summed E-state index contributed by atoms with van der Waals surface area (Å²) in [6.45, 7) is 4.08. The first kappa shape index (κ1) is 14.4. The zero-order valence-electron chi connectivity index (χ0n) is 11.4. The quantitative estimate of drug-likeness (QED) is 0.891. The van der Waals surface area contributed by atoms with E-state index < -0.39 is 11.0 Å². The standard InChI is InChI=1S/C15H20ClNO2/c1-14(2,11-4-6-12(16)7-5-11)13(18)17-10-15(19)8-3-9-15/h4-7,19H,3,8-10H2,1-2H3,(H,17,18). The van der Waals surface area contributed by atoms with E-state index in [1.165, 1.54) is 0 Å². The van der Waals surface area contributed by atoms with Crippen molar-refractivity contribution in [2.45, 2.75) is 44.1 Å². The number of aliphatic hydroxyl groups is 1. The van der Waals surface area contributed by atoms with Crippen LogP contribution in [0.1, 0.15) is 38.7 Å². The van der Waals surface area contributed by atoms with Crippen molar-refractivity contribution in [3.8, 4) is 0 Å². The lowest BCUT2D eigenvalue weighted by Crippen LogP contribution is -2.51. The lowest BCUT2D eigenvalue weighted by Gasteiger charge is -2.37. The van der Waals surface area contributed by atoms with Gasteiger partial charge in [-0.2, -0.15) is 0 Å². The van der Waals surface area contributed by atoms with Crippen LogP contribution in [0.3, 0.4) is 0 Å². The number of amides is 1. The molecule has 104 valence electrons. The van der Waals surface area contributed by atoms with Crippen LogP contribution in [0.2, 0.25) is 5.02 Å². The molecule has 0 spiro atoms. The summed E-state index contributed by atoms with van der Waals surface area (Å²) in [6.07, 6.45) is 2.58. The summed E-state index contributed by atoms with van der Waals surface area (Å²) in [6, 6.07) is 7.29. The fourth-order valence-corrected chi connectivity index (χ4v) is 2.35. The van der Waals surface area contributed by atoms with Crippen LogP contribution >= 0.6 is 11.6 Å². The van der Waals surface area contributed by atoms with Crippen molar-refractivity contribution in [3.63, 3.8) is 0 Å². The van der Waals surface area contributed by atoms with Gasteiger partial charge in [-0.3, -0.25) is 4.79 Å². The summed E-state index contributed by atoms with van der Waals surface area (Å²) in [4.78, 5) is 12.3. The lowest BCUT2D eigenvalue weighted by atomic mass is 9.79. The Morgan fingerprint density at radius 1 is 1.37 bits per heavy atom. The van der Waals surface area contributed by atoms with Crippen molar-refractivity contribution in [2.75, 3.05) is 6.54 Å². The second-order valence-corrected chi connectivity index (χ2v) is 6.33. The molecule has 1 aromatic rings. The van der Waals surface area contributed by atoms with Crippen LogP contribution in [-0.2, 0) is 10.2 Å². The largest absolute Gasteiger partial charge is 0.388 e. The molecule has 0 radical (unpaired) electrons. The van der Waals surface area contributed by atoms with E-state index in [2.05, 4.69) is 5.32 Å². The van der Waals surface area contributed by atoms with Crippen molar-refractivity contribution in [1.82, 2.24) is 5.32 Å². The Kier molecular flexibility index (Phi) is 3.88. The molecule has 0 aromatic heterocycles. The van der Waals surface area contributed by atoms with Crippen LogP contribution in [0.15, 0.2) is 24.3 Å². The van der Waals surface area contributed by atoms with Gasteiger partial charge in [-0.15, -0.1) is 0 Å². The fraction of sp³-hybridized carbons (Fsp3) is 0.533. The van der Waals surface area contributed by atoms with Gasteiger partial charge in [-0.1, -0.05) is 23.7 Å². The summed E-state index contributed by atoms with van der Waals surface area (Å²) >= 11 is 5.86. The molecule has 0 bridgehead atoms. The molecule has 0 atom stereocenters. The van der Waals surface area contributed by atoms with Gasteiger partial charge in [0.1, 0.15) is 0 Å². The third-order valence-corrected chi connectivity index (χ3v) is 4.25. The van der Waals surface area contributed by atoms with Gasteiger partial charge in [-0.25, -0.2) is 0 Å². The molecule has 3 nitrogen and oxygen atoms in total. The second kappa shape index (κ2) is 5.14. The Morgan fingerprint density at radius 3 is 2.42 bits per heavy atom. The minimum absolute atomic E-state index is 0.0739. The molecular formula is C15H20ClNO2. The average molecular weight is 282 g/mol. The molecule has 0 heterocycles. The molecule has 1 aliphatic carbocycles. The molecule has 4 heteroatoms. The summed E-state index contributed by atoms with van der Waals surface area (Å²) in [7, 11) is 0. The van der Waals surface area contributed by atoms with Crippen LogP contribution in [0.25, 0.3) is 0 Å². The van der Waals surface area contributed by atoms with E-state index in [1.54, 1.807) is 12.1 Å². The third kappa shape index (κ3) is 3.10. The van der Waals surface area contributed by atoms with Crippen molar-refractivity contribution < 1.29 is 9.90 Å². The molecule has 1 aromatic carbocycles. The minimum atomic E-state index is -0.689. The van der Waals surface area contributed by atoms with E-state index in [4.69, 9.17) is 11.6 Å². The second-order valence-electron chi connectivity index (χ2n) is 5.89. The van der Waals surface area contributed by atoms with Crippen LogP contribution < -0.4 is 5.32 Å². The van der Waals surface area contributed by atoms with Gasteiger partial charge in [0.15, 0.2) is 0 Å². The summed E-state index contributed by atoms with van der Waals surface area (Å²) in [5.41, 5.74) is -0.411. The van der Waals surface area contributed by atoms with Crippen molar-refractivity contribution in [3.05, 3.63) is 34.9 Å². The molecule has 0 unspecified atom stereocenters. The summed E-state index contributed by atoms with van der Waals surface area (Å²) in [5, 5.41) is 13.5. The zero-order valence-corrected chi connectivity index (χ0v) is 12.1. The molecule has 1 amide bonds. The number of hydrogen-bond donors (Lipinski definition) is 2. The first-order chi connectivity index (χ1) is 8.83. The van der Waals surface area contributed by atoms with Gasteiger partial charge in [0.25, 0.3) is 0 Å². The number of nitrogens with one attached hydrogen (secondary N) is 1. The maximum atomic E-state index is 12.3. The first-order valence-corrected chi connectivity index (χ1v) is 6.98. The molecule has 2 rings (SSSR count). The minimum Gasteiger partial charge on any atom is -0.388 e. The van der Waals surface area contributed by atoms with Crippen LogP contribution in [0.5, 0.6) is 0 Å². The summed E-state index contributed by atoms with van der Waals surface area (Å²) < 4.78 is 0. The Hall–Kier alpha value is -1.06. The van der Waals surface area contributed by atoms with Gasteiger partial charge in [-0.05, 0) is 50.8 Å². The summed E-state index contributed by atoms with van der Waals surface area (Å²) in [5.74, 6) is -0.0739. The highest BCUT2D eigenvalue weighted by Gasteiger charge is 2.37. The van der Waals surface area contributed by atoms with Gasteiger partial charge >= 0.3 is 0 Å². The van der Waals surface area contributed by atoms with Gasteiger partial charge < -0.3 is 10.4 Å². The molecule has 1 aliphatic rings. The fourth-order valence-electron chi connectivity index (χ4n) is 2.23. The number of hydrogen-bond acceptors (Lipinski definition) is 2.